The van der Waals surface area contributed by atoms with E-state index >= 15 is 0 Å². The van der Waals surface area contributed by atoms with E-state index in [-0.39, 0.29) is 12.0 Å². The minimum Gasteiger partial charge on any atom is -0.399 e. The molecule has 0 spiro atoms. The Morgan fingerprint density at radius 1 is 1.37 bits per heavy atom. The van der Waals surface area contributed by atoms with Gasteiger partial charge in [-0.05, 0) is 31.0 Å². The largest absolute Gasteiger partial charge is 0.399 e. The zero-order valence-corrected chi connectivity index (χ0v) is 10.9. The molecule has 0 radical (unpaired) electrons. The fraction of sp³-hybridized carbons (Fsp3) is 0.500. The number of rotatable bonds is 4. The maximum absolute atomic E-state index is 9.58. The quantitative estimate of drug-likeness (QED) is 0.634. The molecule has 0 aliphatic heterocycles. The highest BCUT2D eigenvalue weighted by molar-refractivity contribution is 5.80. The second-order valence-electron chi connectivity index (χ2n) is 5.58. The minimum absolute atomic E-state index is 0.0258. The zero-order chi connectivity index (χ0) is 13.3. The Morgan fingerprint density at radius 3 is 2.89 bits per heavy atom. The van der Waals surface area contributed by atoms with Gasteiger partial charge in [-0.15, -0.1) is 0 Å². The Balaban J connectivity index is 1.74. The number of H-pyrrole nitrogens is 1. The van der Waals surface area contributed by atoms with Crippen molar-refractivity contribution in [3.8, 4) is 0 Å². The van der Waals surface area contributed by atoms with Crippen LogP contribution in [-0.4, -0.2) is 28.2 Å². The molecule has 1 aromatic heterocycles. The maximum atomic E-state index is 9.58. The van der Waals surface area contributed by atoms with E-state index in [0.29, 0.717) is 0 Å². The number of aromatic nitrogens is 2. The number of aromatic amines is 1. The fourth-order valence-electron chi connectivity index (χ4n) is 2.90. The Hall–Kier alpha value is -1.75. The number of nitrogens with two attached hydrogens (primary N) is 1. The summed E-state index contributed by atoms with van der Waals surface area (Å²) in [6, 6.07) is 5.63. The Morgan fingerprint density at radius 2 is 2.16 bits per heavy atom. The lowest BCUT2D eigenvalue weighted by Gasteiger charge is -2.26. The zero-order valence-electron chi connectivity index (χ0n) is 10.9. The van der Waals surface area contributed by atoms with Crippen molar-refractivity contribution in [2.75, 3.05) is 24.2 Å². The van der Waals surface area contributed by atoms with E-state index in [4.69, 9.17) is 5.73 Å². The van der Waals surface area contributed by atoms with Crippen molar-refractivity contribution < 1.29 is 5.11 Å². The van der Waals surface area contributed by atoms with Crippen LogP contribution in [0.4, 0.5) is 11.6 Å². The molecular weight excluding hydrogens is 240 g/mol. The highest BCUT2D eigenvalue weighted by atomic mass is 16.3. The molecular formula is C14H20N4O. The number of hydrogen-bond acceptors (Lipinski definition) is 4. The van der Waals surface area contributed by atoms with Crippen LogP contribution < -0.4 is 11.1 Å². The Bertz CT molecular complexity index is 572. The van der Waals surface area contributed by atoms with E-state index in [9.17, 15) is 5.11 Å². The number of nitrogens with zero attached hydrogens (tertiary/aromatic N) is 1. The van der Waals surface area contributed by atoms with Crippen LogP contribution in [0.1, 0.15) is 25.7 Å². The van der Waals surface area contributed by atoms with E-state index in [1.807, 2.05) is 18.2 Å². The van der Waals surface area contributed by atoms with E-state index in [0.717, 1.165) is 42.1 Å². The standard InChI is InChI=1S/C14H20N4O/c15-10-3-4-11-12(7-10)18-13(17-11)16-8-14(9-19)5-1-2-6-14/h3-4,7,19H,1-2,5-6,8-9,15H2,(H2,16,17,18). The van der Waals surface area contributed by atoms with Gasteiger partial charge in [0.25, 0.3) is 0 Å². The van der Waals surface area contributed by atoms with Crippen molar-refractivity contribution in [2.45, 2.75) is 25.7 Å². The monoisotopic (exact) mass is 260 g/mol. The number of nitrogen functional groups attached to an aromatic ring is 1. The molecule has 102 valence electrons. The van der Waals surface area contributed by atoms with Gasteiger partial charge >= 0.3 is 0 Å². The second-order valence-corrected chi connectivity index (χ2v) is 5.58. The molecule has 0 amide bonds. The Labute approximate surface area is 112 Å². The first-order valence-electron chi connectivity index (χ1n) is 6.81. The van der Waals surface area contributed by atoms with Crippen LogP contribution in [0.3, 0.4) is 0 Å². The van der Waals surface area contributed by atoms with Crippen LogP contribution in [0.5, 0.6) is 0 Å². The summed E-state index contributed by atoms with van der Waals surface area (Å²) in [6.07, 6.45) is 4.59. The molecule has 0 atom stereocenters. The van der Waals surface area contributed by atoms with Gasteiger partial charge in [-0.1, -0.05) is 12.8 Å². The smallest absolute Gasteiger partial charge is 0.201 e. The average molecular weight is 260 g/mol. The molecule has 1 aliphatic rings. The van der Waals surface area contributed by atoms with Crippen molar-refractivity contribution in [2.24, 2.45) is 5.41 Å². The summed E-state index contributed by atoms with van der Waals surface area (Å²) in [6.45, 7) is 1.01. The summed E-state index contributed by atoms with van der Waals surface area (Å²) in [5, 5.41) is 12.9. The molecule has 1 aromatic carbocycles. The molecule has 1 saturated carbocycles. The second kappa shape index (κ2) is 4.74. The minimum atomic E-state index is 0.0258. The third-order valence-electron chi connectivity index (χ3n) is 4.14. The summed E-state index contributed by atoms with van der Waals surface area (Å²) >= 11 is 0. The Kier molecular flexibility index (Phi) is 3.06. The van der Waals surface area contributed by atoms with Crippen LogP contribution in [0.2, 0.25) is 0 Å². The SMILES string of the molecule is Nc1ccc2nc(NCC3(CO)CCCC3)[nH]c2c1. The van der Waals surface area contributed by atoms with Crippen LogP contribution in [-0.2, 0) is 0 Å². The third kappa shape index (κ3) is 2.38. The number of aliphatic hydroxyl groups excluding tert-OH is 1. The molecule has 1 fully saturated rings. The van der Waals surface area contributed by atoms with E-state index in [1.165, 1.54) is 12.8 Å². The number of aliphatic hydroxyl groups is 1. The molecule has 0 bridgehead atoms. The van der Waals surface area contributed by atoms with Gasteiger partial charge < -0.3 is 21.1 Å². The van der Waals surface area contributed by atoms with Crippen molar-refractivity contribution in [3.63, 3.8) is 0 Å². The van der Waals surface area contributed by atoms with Gasteiger partial charge in [0.15, 0.2) is 0 Å². The normalized spacial score (nSPS) is 17.9. The first-order chi connectivity index (χ1) is 9.21. The number of fused-ring (bicyclic) bond motifs is 1. The lowest BCUT2D eigenvalue weighted by atomic mass is 9.87. The van der Waals surface area contributed by atoms with Gasteiger partial charge in [-0.3, -0.25) is 0 Å². The molecule has 0 unspecified atom stereocenters. The first kappa shape index (κ1) is 12.3. The fourth-order valence-corrected chi connectivity index (χ4v) is 2.90. The highest BCUT2D eigenvalue weighted by Crippen LogP contribution is 2.37. The van der Waals surface area contributed by atoms with Gasteiger partial charge in [0.2, 0.25) is 5.95 Å². The lowest BCUT2D eigenvalue weighted by Crippen LogP contribution is -2.30. The molecule has 5 heteroatoms. The van der Waals surface area contributed by atoms with Crippen LogP contribution in [0, 0.1) is 5.41 Å². The number of hydrogen-bond donors (Lipinski definition) is 4. The van der Waals surface area contributed by atoms with Crippen molar-refractivity contribution in [1.29, 1.82) is 0 Å². The predicted octanol–water partition coefficient (Wildman–Crippen LogP) is 2.11. The van der Waals surface area contributed by atoms with E-state index in [2.05, 4.69) is 15.3 Å². The summed E-state index contributed by atoms with van der Waals surface area (Å²) in [5.74, 6) is 0.750. The maximum Gasteiger partial charge on any atom is 0.201 e. The molecule has 5 nitrogen and oxygen atoms in total. The van der Waals surface area contributed by atoms with Gasteiger partial charge in [0.05, 0.1) is 17.6 Å². The number of benzene rings is 1. The van der Waals surface area contributed by atoms with E-state index < -0.39 is 0 Å². The van der Waals surface area contributed by atoms with Crippen molar-refractivity contribution in [3.05, 3.63) is 18.2 Å². The summed E-state index contributed by atoms with van der Waals surface area (Å²) in [7, 11) is 0. The van der Waals surface area contributed by atoms with Crippen molar-refractivity contribution in [1.82, 2.24) is 9.97 Å². The molecule has 0 saturated heterocycles. The molecule has 2 aromatic rings. The van der Waals surface area contributed by atoms with Gasteiger partial charge in [-0.2, -0.15) is 0 Å². The highest BCUT2D eigenvalue weighted by Gasteiger charge is 2.33. The predicted molar refractivity (Wildman–Crippen MR) is 77.0 cm³/mol. The van der Waals surface area contributed by atoms with Gasteiger partial charge in [0.1, 0.15) is 0 Å². The molecule has 3 rings (SSSR count). The molecule has 1 aliphatic carbocycles. The number of nitrogens with one attached hydrogen (secondary N) is 2. The number of imidazole rings is 1. The topological polar surface area (TPSA) is 87.0 Å². The number of anilines is 2. The van der Waals surface area contributed by atoms with Crippen LogP contribution >= 0.6 is 0 Å². The average Bonchev–Trinajstić information content (AvgIpc) is 3.02. The summed E-state index contributed by atoms with van der Waals surface area (Å²) in [5.41, 5.74) is 8.34. The van der Waals surface area contributed by atoms with Crippen LogP contribution in [0.15, 0.2) is 18.2 Å². The van der Waals surface area contributed by atoms with Crippen molar-refractivity contribution >= 4 is 22.7 Å². The van der Waals surface area contributed by atoms with Crippen LogP contribution in [0.25, 0.3) is 11.0 Å². The van der Waals surface area contributed by atoms with E-state index in [1.54, 1.807) is 0 Å². The summed E-state index contributed by atoms with van der Waals surface area (Å²) in [4.78, 5) is 7.69. The lowest BCUT2D eigenvalue weighted by molar-refractivity contribution is 0.142. The summed E-state index contributed by atoms with van der Waals surface area (Å²) < 4.78 is 0. The van der Waals surface area contributed by atoms with Gasteiger partial charge in [0, 0.05) is 17.6 Å². The molecule has 5 N–H and O–H groups in total. The van der Waals surface area contributed by atoms with Gasteiger partial charge in [-0.25, -0.2) is 4.98 Å². The third-order valence-corrected chi connectivity index (χ3v) is 4.14. The molecule has 1 heterocycles. The first-order valence-corrected chi connectivity index (χ1v) is 6.81. The molecule has 19 heavy (non-hydrogen) atoms.